The summed E-state index contributed by atoms with van der Waals surface area (Å²) in [7, 11) is 0. The van der Waals surface area contributed by atoms with E-state index in [2.05, 4.69) is 56.0 Å². The Kier molecular flexibility index (Phi) is 4.56. The smallest absolute Gasteiger partial charge is 0.0750 e. The van der Waals surface area contributed by atoms with Gasteiger partial charge in [0.1, 0.15) is 0 Å². The SMILES string of the molecule is CC(Cc1ccccc1C(=S)S)c1ccccc1. The van der Waals surface area contributed by atoms with Crippen molar-refractivity contribution in [1.82, 2.24) is 0 Å². The minimum Gasteiger partial charge on any atom is -0.131 e. The van der Waals surface area contributed by atoms with Gasteiger partial charge in [0.15, 0.2) is 0 Å². The topological polar surface area (TPSA) is 0 Å². The molecule has 2 aromatic rings. The molecule has 0 aromatic heterocycles. The summed E-state index contributed by atoms with van der Waals surface area (Å²) in [4.78, 5) is 0. The van der Waals surface area contributed by atoms with Crippen molar-refractivity contribution in [2.24, 2.45) is 0 Å². The Bertz CT molecular complexity index is 532. The monoisotopic (exact) mass is 272 g/mol. The minimum absolute atomic E-state index is 0.482. The summed E-state index contributed by atoms with van der Waals surface area (Å²) >= 11 is 9.48. The number of hydrogen-bond acceptors (Lipinski definition) is 1. The molecule has 0 N–H and O–H groups in total. The van der Waals surface area contributed by atoms with Crippen molar-refractivity contribution in [1.29, 1.82) is 0 Å². The highest BCUT2D eigenvalue weighted by Gasteiger charge is 2.10. The molecule has 0 bridgehead atoms. The maximum Gasteiger partial charge on any atom is 0.0750 e. The van der Waals surface area contributed by atoms with Gasteiger partial charge in [0, 0.05) is 5.56 Å². The van der Waals surface area contributed by atoms with Gasteiger partial charge in [-0.3, -0.25) is 0 Å². The van der Waals surface area contributed by atoms with Crippen molar-refractivity contribution < 1.29 is 0 Å². The fourth-order valence-electron chi connectivity index (χ4n) is 2.14. The lowest BCUT2D eigenvalue weighted by Crippen LogP contribution is -2.03. The first-order chi connectivity index (χ1) is 8.68. The van der Waals surface area contributed by atoms with Gasteiger partial charge in [-0.05, 0) is 23.5 Å². The van der Waals surface area contributed by atoms with E-state index < -0.39 is 0 Å². The molecule has 2 heteroatoms. The predicted molar refractivity (Wildman–Crippen MR) is 85.7 cm³/mol. The first kappa shape index (κ1) is 13.3. The third-order valence-corrected chi connectivity index (χ3v) is 3.60. The Morgan fingerprint density at radius 3 is 2.33 bits per heavy atom. The maximum absolute atomic E-state index is 5.18. The van der Waals surface area contributed by atoms with E-state index in [1.165, 1.54) is 11.1 Å². The quantitative estimate of drug-likeness (QED) is 0.625. The van der Waals surface area contributed by atoms with E-state index >= 15 is 0 Å². The predicted octanol–water partition coefficient (Wildman–Crippen LogP) is 4.64. The summed E-state index contributed by atoms with van der Waals surface area (Å²) < 4.78 is 0.672. The molecule has 0 amide bonds. The second kappa shape index (κ2) is 6.17. The van der Waals surface area contributed by atoms with E-state index in [9.17, 15) is 0 Å². The van der Waals surface area contributed by atoms with E-state index in [-0.39, 0.29) is 0 Å². The summed E-state index contributed by atoms with van der Waals surface area (Å²) in [6, 6.07) is 18.8. The highest BCUT2D eigenvalue weighted by Crippen LogP contribution is 2.23. The van der Waals surface area contributed by atoms with E-state index in [4.69, 9.17) is 12.2 Å². The van der Waals surface area contributed by atoms with Crippen LogP contribution >= 0.6 is 24.8 Å². The molecular formula is C16H16S2. The van der Waals surface area contributed by atoms with Gasteiger partial charge in [-0.1, -0.05) is 73.7 Å². The second-order valence-electron chi connectivity index (χ2n) is 4.48. The molecule has 0 heterocycles. The normalized spacial score (nSPS) is 12.1. The van der Waals surface area contributed by atoms with Crippen molar-refractivity contribution in [3.63, 3.8) is 0 Å². The largest absolute Gasteiger partial charge is 0.131 e. The third kappa shape index (κ3) is 3.21. The summed E-state index contributed by atoms with van der Waals surface area (Å²) in [6.07, 6.45) is 0.987. The highest BCUT2D eigenvalue weighted by atomic mass is 32.1. The molecule has 1 atom stereocenters. The third-order valence-electron chi connectivity index (χ3n) is 3.14. The van der Waals surface area contributed by atoms with Crippen molar-refractivity contribution in [3.8, 4) is 0 Å². The van der Waals surface area contributed by atoms with Crippen LogP contribution < -0.4 is 0 Å². The summed E-state index contributed by atoms with van der Waals surface area (Å²) in [5.41, 5.74) is 3.71. The molecule has 0 aliphatic heterocycles. The van der Waals surface area contributed by atoms with E-state index in [0.29, 0.717) is 10.1 Å². The first-order valence-corrected chi connectivity index (χ1v) is 6.90. The van der Waals surface area contributed by atoms with Gasteiger partial charge in [0.2, 0.25) is 0 Å². The molecule has 92 valence electrons. The lowest BCUT2D eigenvalue weighted by molar-refractivity contribution is 0.758. The van der Waals surface area contributed by atoms with Crippen LogP contribution in [0.2, 0.25) is 0 Å². The zero-order valence-corrected chi connectivity index (χ0v) is 12.0. The molecule has 0 aliphatic carbocycles. The minimum atomic E-state index is 0.482. The Morgan fingerprint density at radius 1 is 1.06 bits per heavy atom. The van der Waals surface area contributed by atoms with Gasteiger partial charge in [-0.15, -0.1) is 12.6 Å². The summed E-state index contributed by atoms with van der Waals surface area (Å²) in [5.74, 6) is 0.482. The number of rotatable bonds is 4. The van der Waals surface area contributed by atoms with Crippen molar-refractivity contribution in [2.75, 3.05) is 0 Å². The fourth-order valence-corrected chi connectivity index (χ4v) is 2.55. The van der Waals surface area contributed by atoms with Crippen LogP contribution in [0.4, 0.5) is 0 Å². The Morgan fingerprint density at radius 2 is 1.67 bits per heavy atom. The van der Waals surface area contributed by atoms with Gasteiger partial charge in [-0.2, -0.15) is 0 Å². The van der Waals surface area contributed by atoms with Crippen molar-refractivity contribution in [3.05, 3.63) is 71.3 Å². The molecule has 0 saturated carbocycles. The first-order valence-electron chi connectivity index (χ1n) is 6.04. The average Bonchev–Trinajstić information content (AvgIpc) is 2.40. The van der Waals surface area contributed by atoms with Crippen molar-refractivity contribution >= 4 is 29.0 Å². The molecule has 2 rings (SSSR count). The van der Waals surface area contributed by atoms with Gasteiger partial charge >= 0.3 is 0 Å². The van der Waals surface area contributed by atoms with Crippen LogP contribution in [0.3, 0.4) is 0 Å². The molecule has 0 spiro atoms. The van der Waals surface area contributed by atoms with Crippen molar-refractivity contribution in [2.45, 2.75) is 19.3 Å². The van der Waals surface area contributed by atoms with E-state index in [0.717, 1.165) is 12.0 Å². The van der Waals surface area contributed by atoms with Gasteiger partial charge < -0.3 is 0 Å². The summed E-state index contributed by atoms with van der Waals surface area (Å²) in [5, 5.41) is 0. The molecule has 0 nitrogen and oxygen atoms in total. The Hall–Kier alpha value is -1.12. The second-order valence-corrected chi connectivity index (χ2v) is 5.64. The van der Waals surface area contributed by atoms with Gasteiger partial charge in [0.05, 0.1) is 4.20 Å². The van der Waals surface area contributed by atoms with Crippen LogP contribution in [0, 0.1) is 0 Å². The molecule has 0 aliphatic rings. The molecular weight excluding hydrogens is 256 g/mol. The fraction of sp³-hybridized carbons (Fsp3) is 0.188. The molecule has 18 heavy (non-hydrogen) atoms. The number of thiol groups is 1. The number of benzene rings is 2. The lowest BCUT2D eigenvalue weighted by Gasteiger charge is -2.14. The van der Waals surface area contributed by atoms with Crippen LogP contribution in [0.5, 0.6) is 0 Å². The zero-order chi connectivity index (χ0) is 13.0. The zero-order valence-electron chi connectivity index (χ0n) is 10.3. The molecule has 2 aromatic carbocycles. The van der Waals surface area contributed by atoms with E-state index in [1.807, 2.05) is 18.2 Å². The Balaban J connectivity index is 2.22. The molecule has 1 unspecified atom stereocenters. The number of hydrogen-bond donors (Lipinski definition) is 1. The van der Waals surface area contributed by atoms with Crippen LogP contribution in [0.15, 0.2) is 54.6 Å². The van der Waals surface area contributed by atoms with Crippen LogP contribution in [0.25, 0.3) is 0 Å². The van der Waals surface area contributed by atoms with Crippen LogP contribution in [0.1, 0.15) is 29.5 Å². The summed E-state index contributed by atoms with van der Waals surface area (Å²) in [6.45, 7) is 2.24. The average molecular weight is 272 g/mol. The Labute approximate surface area is 119 Å². The maximum atomic E-state index is 5.18. The standard InChI is InChI=1S/C16H16S2/c1-12(13-7-3-2-4-8-13)11-14-9-5-6-10-15(14)16(17)18/h2-10,12H,11H2,1H3,(H,17,18). The highest BCUT2D eigenvalue weighted by molar-refractivity contribution is 8.11. The molecule has 0 radical (unpaired) electrons. The number of thiocarbonyl (C=S) groups is 1. The van der Waals surface area contributed by atoms with Crippen LogP contribution in [-0.2, 0) is 6.42 Å². The van der Waals surface area contributed by atoms with E-state index in [1.54, 1.807) is 0 Å². The van der Waals surface area contributed by atoms with Gasteiger partial charge in [-0.25, -0.2) is 0 Å². The van der Waals surface area contributed by atoms with Crippen LogP contribution in [-0.4, -0.2) is 4.20 Å². The lowest BCUT2D eigenvalue weighted by atomic mass is 9.92. The van der Waals surface area contributed by atoms with Gasteiger partial charge in [0.25, 0.3) is 0 Å². The molecule has 0 fully saturated rings. The molecule has 0 saturated heterocycles.